The molecule has 7 heteroatoms. The molecule has 2 rings (SSSR count). The number of hydrogen-bond donors (Lipinski definition) is 0. The monoisotopic (exact) mass is 252 g/mol. The van der Waals surface area contributed by atoms with Crippen LogP contribution in [0.4, 0.5) is 4.79 Å². The molecule has 1 saturated carbocycles. The SMILES string of the molecule is CCCOS(=O)(=O)C1CC1.O=C1OCCO1. The van der Waals surface area contributed by atoms with Crippen LogP contribution in [0.3, 0.4) is 0 Å². The van der Waals surface area contributed by atoms with Crippen LogP contribution in [0.1, 0.15) is 26.2 Å². The number of hydrogen-bond acceptors (Lipinski definition) is 6. The van der Waals surface area contributed by atoms with Gasteiger partial charge >= 0.3 is 6.16 Å². The lowest BCUT2D eigenvalue weighted by Gasteiger charge is -2.00. The molecule has 6 nitrogen and oxygen atoms in total. The zero-order valence-corrected chi connectivity index (χ0v) is 9.99. The van der Waals surface area contributed by atoms with E-state index in [1.54, 1.807) is 0 Å². The Balaban J connectivity index is 0.000000181. The van der Waals surface area contributed by atoms with Crippen molar-refractivity contribution < 1.29 is 26.9 Å². The molecular formula is C9H16O6S. The second-order valence-corrected chi connectivity index (χ2v) is 5.35. The molecule has 2 fully saturated rings. The van der Waals surface area contributed by atoms with E-state index >= 15 is 0 Å². The van der Waals surface area contributed by atoms with Crippen LogP contribution in [0.2, 0.25) is 0 Å². The molecule has 0 aromatic carbocycles. The van der Waals surface area contributed by atoms with Gasteiger partial charge in [0.25, 0.3) is 10.1 Å². The highest BCUT2D eigenvalue weighted by Crippen LogP contribution is 2.29. The lowest BCUT2D eigenvalue weighted by Crippen LogP contribution is -2.11. The number of rotatable bonds is 4. The standard InChI is InChI=1S/C6H12O3S.C3H4O3/c1-2-5-9-10(7,8)6-3-4-6;4-3-5-1-2-6-3/h6H,2-5H2,1H3;1-2H2. The highest BCUT2D eigenvalue weighted by molar-refractivity contribution is 7.87. The van der Waals surface area contributed by atoms with Crippen LogP contribution in [0.15, 0.2) is 0 Å². The van der Waals surface area contributed by atoms with Crippen LogP contribution >= 0.6 is 0 Å². The zero-order chi connectivity index (χ0) is 12.0. The number of carbonyl (C=O) groups excluding carboxylic acids is 1. The molecule has 94 valence electrons. The molecule has 1 heterocycles. The predicted molar refractivity (Wildman–Crippen MR) is 55.5 cm³/mol. The summed E-state index contributed by atoms with van der Waals surface area (Å²) in [6.07, 6.45) is 1.78. The molecule has 16 heavy (non-hydrogen) atoms. The van der Waals surface area contributed by atoms with Gasteiger partial charge in [0.15, 0.2) is 0 Å². The molecule has 0 N–H and O–H groups in total. The van der Waals surface area contributed by atoms with Gasteiger partial charge in [-0.3, -0.25) is 4.18 Å². The van der Waals surface area contributed by atoms with Gasteiger partial charge in [-0.15, -0.1) is 0 Å². The van der Waals surface area contributed by atoms with Crippen molar-refractivity contribution in [1.29, 1.82) is 0 Å². The molecule has 0 spiro atoms. The number of ether oxygens (including phenoxy) is 2. The highest BCUT2D eigenvalue weighted by Gasteiger charge is 2.36. The van der Waals surface area contributed by atoms with E-state index in [-0.39, 0.29) is 5.25 Å². The number of carbonyl (C=O) groups is 1. The van der Waals surface area contributed by atoms with Crippen molar-refractivity contribution in [3.63, 3.8) is 0 Å². The third-order valence-corrected chi connectivity index (χ3v) is 3.69. The van der Waals surface area contributed by atoms with E-state index in [9.17, 15) is 13.2 Å². The quantitative estimate of drug-likeness (QED) is 0.550. The molecule has 0 aromatic heterocycles. The first-order valence-corrected chi connectivity index (χ1v) is 6.71. The Morgan fingerprint density at radius 1 is 1.31 bits per heavy atom. The summed E-state index contributed by atoms with van der Waals surface area (Å²) in [5, 5.41) is -0.181. The van der Waals surface area contributed by atoms with Crippen LogP contribution in [-0.2, 0) is 23.8 Å². The first-order valence-electron chi connectivity index (χ1n) is 5.24. The minimum atomic E-state index is -3.15. The van der Waals surface area contributed by atoms with E-state index in [0.29, 0.717) is 19.8 Å². The summed E-state index contributed by atoms with van der Waals surface area (Å²) in [5.74, 6) is 0. The van der Waals surface area contributed by atoms with Crippen LogP contribution in [0.25, 0.3) is 0 Å². The largest absolute Gasteiger partial charge is 0.508 e. The normalized spacial score (nSPS) is 19.4. The van der Waals surface area contributed by atoms with Crippen molar-refractivity contribution in [3.8, 4) is 0 Å². The molecule has 0 amide bonds. The highest BCUT2D eigenvalue weighted by atomic mass is 32.2. The third-order valence-electron chi connectivity index (χ3n) is 1.91. The maximum absolute atomic E-state index is 10.9. The summed E-state index contributed by atoms with van der Waals surface area (Å²) in [5.41, 5.74) is 0. The molecule has 0 bridgehead atoms. The molecule has 0 atom stereocenters. The van der Waals surface area contributed by atoms with Crippen LogP contribution in [0, 0.1) is 0 Å². The van der Waals surface area contributed by atoms with E-state index < -0.39 is 16.3 Å². The maximum Gasteiger partial charge on any atom is 0.508 e. The number of cyclic esters (lactones) is 2. The van der Waals surface area contributed by atoms with Gasteiger partial charge in [-0.05, 0) is 19.3 Å². The Morgan fingerprint density at radius 2 is 1.88 bits per heavy atom. The lowest BCUT2D eigenvalue weighted by atomic mass is 10.5. The van der Waals surface area contributed by atoms with Crippen molar-refractivity contribution in [2.75, 3.05) is 19.8 Å². The summed E-state index contributed by atoms with van der Waals surface area (Å²) in [4.78, 5) is 9.80. The minimum Gasteiger partial charge on any atom is -0.431 e. The average molecular weight is 252 g/mol. The molecular weight excluding hydrogens is 236 g/mol. The summed E-state index contributed by atoms with van der Waals surface area (Å²) in [6.45, 7) is 3.05. The van der Waals surface area contributed by atoms with Gasteiger partial charge in [-0.2, -0.15) is 8.42 Å². The van der Waals surface area contributed by atoms with Gasteiger partial charge in [0.05, 0.1) is 11.9 Å². The van der Waals surface area contributed by atoms with Gasteiger partial charge in [0, 0.05) is 0 Å². The zero-order valence-electron chi connectivity index (χ0n) is 9.18. The van der Waals surface area contributed by atoms with Gasteiger partial charge in [0.1, 0.15) is 13.2 Å². The molecule has 0 aromatic rings. The Bertz CT molecular complexity index is 311. The van der Waals surface area contributed by atoms with E-state index in [2.05, 4.69) is 13.7 Å². The van der Waals surface area contributed by atoms with Gasteiger partial charge in [0.2, 0.25) is 0 Å². The summed E-state index contributed by atoms with van der Waals surface area (Å²) >= 11 is 0. The van der Waals surface area contributed by atoms with E-state index in [0.717, 1.165) is 19.3 Å². The third kappa shape index (κ3) is 4.80. The molecule has 1 aliphatic heterocycles. The molecule has 0 radical (unpaired) electrons. The van der Waals surface area contributed by atoms with Crippen molar-refractivity contribution in [3.05, 3.63) is 0 Å². The van der Waals surface area contributed by atoms with Crippen LogP contribution < -0.4 is 0 Å². The first-order chi connectivity index (χ1) is 7.56. The fourth-order valence-electron chi connectivity index (χ4n) is 0.944. The summed E-state index contributed by atoms with van der Waals surface area (Å²) in [7, 11) is -3.15. The molecule has 1 aliphatic carbocycles. The van der Waals surface area contributed by atoms with Crippen molar-refractivity contribution in [1.82, 2.24) is 0 Å². The fraction of sp³-hybridized carbons (Fsp3) is 0.889. The Hall–Kier alpha value is -0.820. The van der Waals surface area contributed by atoms with Crippen molar-refractivity contribution >= 4 is 16.3 Å². The second kappa shape index (κ2) is 6.05. The maximum atomic E-state index is 10.9. The topological polar surface area (TPSA) is 78.9 Å². The van der Waals surface area contributed by atoms with Gasteiger partial charge in [-0.25, -0.2) is 4.79 Å². The van der Waals surface area contributed by atoms with Crippen LogP contribution in [-0.4, -0.2) is 39.6 Å². The van der Waals surface area contributed by atoms with E-state index in [4.69, 9.17) is 0 Å². The second-order valence-electron chi connectivity index (χ2n) is 3.46. The Morgan fingerprint density at radius 3 is 2.19 bits per heavy atom. The van der Waals surface area contributed by atoms with Crippen molar-refractivity contribution in [2.24, 2.45) is 0 Å². The fourth-order valence-corrected chi connectivity index (χ4v) is 2.25. The molecule has 1 saturated heterocycles. The average Bonchev–Trinajstić information content (AvgIpc) is 3.00. The van der Waals surface area contributed by atoms with Crippen molar-refractivity contribution in [2.45, 2.75) is 31.4 Å². The minimum absolute atomic E-state index is 0.181. The summed E-state index contributed by atoms with van der Waals surface area (Å²) < 4.78 is 35.1. The van der Waals surface area contributed by atoms with E-state index in [1.165, 1.54) is 0 Å². The first kappa shape index (κ1) is 13.2. The molecule has 2 aliphatic rings. The predicted octanol–water partition coefficient (Wildman–Crippen LogP) is 1.06. The Labute approximate surface area is 95.0 Å². The smallest absolute Gasteiger partial charge is 0.431 e. The lowest BCUT2D eigenvalue weighted by molar-refractivity contribution is 0.131. The van der Waals surface area contributed by atoms with E-state index in [1.807, 2.05) is 6.92 Å². The van der Waals surface area contributed by atoms with Gasteiger partial charge in [-0.1, -0.05) is 6.92 Å². The Kier molecular flexibility index (Phi) is 5.01. The van der Waals surface area contributed by atoms with Crippen LogP contribution in [0.5, 0.6) is 0 Å². The summed E-state index contributed by atoms with van der Waals surface area (Å²) in [6, 6.07) is 0. The molecule has 0 unspecified atom stereocenters. The van der Waals surface area contributed by atoms with Gasteiger partial charge < -0.3 is 9.47 Å².